The second kappa shape index (κ2) is 26.4. The van der Waals surface area contributed by atoms with E-state index in [1.807, 2.05) is 0 Å². The summed E-state index contributed by atoms with van der Waals surface area (Å²) in [7, 11) is 0. The van der Waals surface area contributed by atoms with Crippen LogP contribution in [0, 0.1) is 6.65 Å². The second-order valence-electron chi connectivity index (χ2n) is 12.2. The number of hydrogen-bond acceptors (Lipinski definition) is 4. The molecule has 0 spiro atoms. The number of carboxylic acids is 2. The molecule has 7 nitrogen and oxygen atoms in total. The Morgan fingerprint density at radius 2 is 0.600 bits per heavy atom. The third kappa shape index (κ3) is 14.3. The third-order valence-corrected chi connectivity index (χ3v) is 18.6. The van der Waals surface area contributed by atoms with Crippen molar-refractivity contribution >= 4 is 67.3 Å². The standard InChI is InChI=1S/2C18H15As.C12H8N2O4.CO.ClH.Ru/c2*1-4-10-16(11-5-1)19(17-12-6-2-7-13-17)18-14-8-3-9-15-18;15-11(16)7-1-3-13-9(5-7)10-6-8(12(17)18)2-4-14-10;1-2;;/h2*1-15H;1-6H,(H,15,16)(H,17,18);;1H;/q;;;;;+2/p-1. The van der Waals surface area contributed by atoms with Gasteiger partial charge in [-0.1, -0.05) is 0 Å². The van der Waals surface area contributed by atoms with Gasteiger partial charge < -0.3 is 22.6 Å². The predicted molar refractivity (Wildman–Crippen MR) is 233 cm³/mol. The number of rotatable bonds is 9. The number of halogens is 1. The van der Waals surface area contributed by atoms with Crippen molar-refractivity contribution in [2.24, 2.45) is 0 Å². The molecule has 0 amide bonds. The Morgan fingerprint density at radius 3 is 0.783 bits per heavy atom. The summed E-state index contributed by atoms with van der Waals surface area (Å²) in [5, 5.41) is 17.7. The van der Waals surface area contributed by atoms with E-state index < -0.39 is 41.2 Å². The fourth-order valence-corrected chi connectivity index (χ4v) is 15.4. The normalized spacial score (nSPS) is 9.73. The zero-order valence-electron chi connectivity index (χ0n) is 31.9. The number of aromatic nitrogens is 2. The molecule has 0 aliphatic heterocycles. The number of hydrogen-bond donors (Lipinski definition) is 2. The number of benzene rings is 6. The molecule has 0 bridgehead atoms. The van der Waals surface area contributed by atoms with Gasteiger partial charge in [0.2, 0.25) is 0 Å². The van der Waals surface area contributed by atoms with Crippen molar-refractivity contribution in [1.82, 2.24) is 9.97 Å². The average molecular weight is 1020 g/mol. The van der Waals surface area contributed by atoms with Crippen LogP contribution in [0.3, 0.4) is 0 Å². The maximum absolute atomic E-state index is 10.8. The number of aromatic carboxylic acids is 2. The van der Waals surface area contributed by atoms with Crippen molar-refractivity contribution in [3.05, 3.63) is 236 Å². The molecule has 2 aromatic heterocycles. The van der Waals surface area contributed by atoms with Crippen LogP contribution in [0.25, 0.3) is 11.4 Å². The fourth-order valence-electron chi connectivity index (χ4n) is 5.76. The quantitative estimate of drug-likeness (QED) is 0.131. The van der Waals surface area contributed by atoms with Gasteiger partial charge in [0.25, 0.3) is 0 Å². The molecule has 0 radical (unpaired) electrons. The topological polar surface area (TPSA) is 120 Å². The van der Waals surface area contributed by atoms with Gasteiger partial charge in [-0.2, -0.15) is 0 Å². The van der Waals surface area contributed by atoms with Crippen LogP contribution in [0.15, 0.2) is 219 Å². The molecule has 2 N–H and O–H groups in total. The van der Waals surface area contributed by atoms with Crippen molar-refractivity contribution in [2.75, 3.05) is 0 Å². The minimum atomic E-state index is -1.39. The summed E-state index contributed by atoms with van der Waals surface area (Å²) in [6.45, 7) is 4.50. The number of carbonyl (C=O) groups is 2. The van der Waals surface area contributed by atoms with Crippen molar-refractivity contribution in [3.8, 4) is 11.4 Å². The first kappa shape index (κ1) is 48.7. The molecular weight excluding hydrogens is 983 g/mol. The van der Waals surface area contributed by atoms with E-state index in [9.17, 15) is 9.59 Å². The molecule has 11 heteroatoms. The van der Waals surface area contributed by atoms with E-state index in [0.29, 0.717) is 11.4 Å². The van der Waals surface area contributed by atoms with Crippen LogP contribution in [-0.4, -0.2) is 61.4 Å². The minimum absolute atomic E-state index is 0. The summed E-state index contributed by atoms with van der Waals surface area (Å²) in [5.41, 5.74) is 0.779. The average Bonchev–Trinajstić information content (AvgIpc) is 3.30. The van der Waals surface area contributed by atoms with E-state index in [-0.39, 0.29) is 43.0 Å². The first-order valence-corrected chi connectivity index (χ1v) is 23.6. The van der Waals surface area contributed by atoms with E-state index in [0.717, 1.165) is 0 Å². The van der Waals surface area contributed by atoms with Crippen molar-refractivity contribution in [1.29, 1.82) is 0 Å². The molecule has 0 aliphatic carbocycles. The van der Waals surface area contributed by atoms with Gasteiger partial charge in [0.05, 0.1) is 22.5 Å². The van der Waals surface area contributed by atoms with E-state index >= 15 is 0 Å². The summed E-state index contributed by atoms with van der Waals surface area (Å²) in [6.07, 6.45) is 2.68. The Labute approximate surface area is 378 Å². The monoisotopic (exact) mass is 1020 g/mol. The van der Waals surface area contributed by atoms with Crippen LogP contribution >= 0.6 is 0 Å². The van der Waals surface area contributed by atoms with Gasteiger partial charge >= 0.3 is 280 Å². The number of nitrogens with zero attached hydrogens (tertiary/aromatic N) is 2. The molecule has 298 valence electrons. The maximum atomic E-state index is 10.8. The van der Waals surface area contributed by atoms with Gasteiger partial charge in [0.15, 0.2) is 0 Å². The fraction of sp³-hybridized carbons (Fsp3) is 0. The molecule has 0 aliphatic rings. The molecule has 60 heavy (non-hydrogen) atoms. The van der Waals surface area contributed by atoms with Gasteiger partial charge in [0.1, 0.15) is 0 Å². The van der Waals surface area contributed by atoms with Crippen LogP contribution < -0.4 is 38.5 Å². The van der Waals surface area contributed by atoms with Crippen LogP contribution in [-0.2, 0) is 24.1 Å². The summed E-state index contributed by atoms with van der Waals surface area (Å²) < 4.78 is 16.4. The second-order valence-corrected chi connectivity index (χ2v) is 21.5. The van der Waals surface area contributed by atoms with Gasteiger partial charge in [-0.25, -0.2) is 9.59 Å². The van der Waals surface area contributed by atoms with Gasteiger partial charge in [0, 0.05) is 12.4 Å². The van der Waals surface area contributed by atoms with Crippen molar-refractivity contribution < 1.29 is 56.3 Å². The molecule has 0 unspecified atom stereocenters. The van der Waals surface area contributed by atoms with E-state index in [1.54, 1.807) is 0 Å². The number of carboxylic acid groups (broad SMARTS) is 2. The molecule has 0 atom stereocenters. The molecule has 6 aromatic carbocycles. The summed E-state index contributed by atoms with van der Waals surface area (Å²) in [4.78, 5) is 29.6. The number of pyridine rings is 2. The summed E-state index contributed by atoms with van der Waals surface area (Å²) in [5.74, 6) is -2.15. The molecule has 0 fully saturated rings. The summed E-state index contributed by atoms with van der Waals surface area (Å²) in [6, 6.07) is 70.8. The Kier molecular flexibility index (Phi) is 21.5. The van der Waals surface area contributed by atoms with Crippen molar-refractivity contribution in [2.45, 2.75) is 0 Å². The SMILES string of the molecule is O=C(O)c1ccnc(-c2cc(C(=O)O)ccn2)c1.[C-]#[O+].[Cl-].[Ru+2].c1ccc([As](c2ccccc2)c2ccccc2)cc1.c1ccc([As](c2ccccc2)c2ccccc2)cc1. The van der Waals surface area contributed by atoms with Crippen molar-refractivity contribution in [3.63, 3.8) is 0 Å². The van der Waals surface area contributed by atoms with Gasteiger partial charge in [-0.3, -0.25) is 9.97 Å². The van der Waals surface area contributed by atoms with Gasteiger partial charge in [-0.05, 0) is 24.3 Å². The molecule has 0 saturated carbocycles. The molecule has 2 heterocycles. The van der Waals surface area contributed by atoms with Crippen LogP contribution in [0.4, 0.5) is 0 Å². The van der Waals surface area contributed by atoms with Crippen LogP contribution in [0.5, 0.6) is 0 Å². The van der Waals surface area contributed by atoms with Crippen LogP contribution in [0.2, 0.25) is 0 Å². The summed E-state index contributed by atoms with van der Waals surface area (Å²) >= 11 is -2.78. The molecule has 8 rings (SSSR count). The van der Waals surface area contributed by atoms with Crippen LogP contribution in [0.1, 0.15) is 20.7 Å². The van der Waals surface area contributed by atoms with E-state index in [1.165, 1.54) is 62.8 Å². The Balaban J connectivity index is 0.000000232. The molecule has 0 saturated heterocycles. The van der Waals surface area contributed by atoms with Gasteiger partial charge in [-0.15, -0.1) is 0 Å². The Hall–Kier alpha value is -5.67. The first-order chi connectivity index (χ1) is 28.5. The van der Waals surface area contributed by atoms with E-state index in [2.05, 4.69) is 199 Å². The molecular formula is C49H38As2ClN2O5Ru+. The zero-order chi connectivity index (χ0) is 41.0. The predicted octanol–water partition coefficient (Wildman–Crippen LogP) is 2.91. The first-order valence-electron chi connectivity index (χ1n) is 18.0. The molecule has 8 aromatic rings. The third-order valence-electron chi connectivity index (χ3n) is 8.36. The Morgan fingerprint density at radius 1 is 0.400 bits per heavy atom. The van der Waals surface area contributed by atoms with E-state index in [4.69, 9.17) is 14.9 Å². The zero-order valence-corrected chi connectivity index (χ0v) is 38.2. The Bertz CT molecular complexity index is 2130.